The molecule has 0 aliphatic carbocycles. The van der Waals surface area contributed by atoms with Crippen LogP contribution in [-0.2, 0) is 5.41 Å². The van der Waals surface area contributed by atoms with E-state index in [2.05, 4.69) is 38.1 Å². The van der Waals surface area contributed by atoms with Crippen molar-refractivity contribution in [3.63, 3.8) is 0 Å². The molecule has 0 amide bonds. The minimum absolute atomic E-state index is 0.140. The quantitative estimate of drug-likeness (QED) is 0.201. The molecule has 0 heterocycles. The van der Waals surface area contributed by atoms with Crippen LogP contribution in [0.2, 0.25) is 0 Å². The summed E-state index contributed by atoms with van der Waals surface area (Å²) < 4.78 is 5.94. The lowest BCUT2D eigenvalue weighted by atomic mass is 9.72. The maximum Gasteiger partial charge on any atom is 0.164 e. The van der Waals surface area contributed by atoms with Gasteiger partial charge in [-0.15, -0.1) is 11.6 Å². The molecule has 0 radical (unpaired) electrons. The topological polar surface area (TPSA) is 26.3 Å². The van der Waals surface area contributed by atoms with Crippen LogP contribution in [0.3, 0.4) is 0 Å². The van der Waals surface area contributed by atoms with Crippen molar-refractivity contribution in [1.82, 2.24) is 0 Å². The fourth-order valence-electron chi connectivity index (χ4n) is 3.76. The molecule has 0 aliphatic heterocycles. The predicted octanol–water partition coefficient (Wildman–Crippen LogP) is 6.97. The number of hydrogen-bond donors (Lipinski definition) is 0. The standard InChI is InChI=1S/C27H29ClO2/c1-21-19-24(15-16-26(21)30-18-10-9-17-28)27(2,23-13-7-4-8-14-23)20-25(29)22-11-5-3-6-12-22/h3-8,11-16,19H,9-10,17-18,20H2,1-2H3. The maximum absolute atomic E-state index is 13.1. The summed E-state index contributed by atoms with van der Waals surface area (Å²) in [7, 11) is 0. The van der Waals surface area contributed by atoms with Gasteiger partial charge in [0.25, 0.3) is 0 Å². The highest BCUT2D eigenvalue weighted by Gasteiger charge is 2.32. The Morgan fingerprint density at radius 3 is 2.20 bits per heavy atom. The fraction of sp³-hybridized carbons (Fsp3) is 0.296. The van der Waals surface area contributed by atoms with Gasteiger partial charge in [-0.3, -0.25) is 4.79 Å². The van der Waals surface area contributed by atoms with Gasteiger partial charge < -0.3 is 4.74 Å². The molecule has 0 N–H and O–H groups in total. The average Bonchev–Trinajstić information content (AvgIpc) is 2.78. The van der Waals surface area contributed by atoms with Crippen LogP contribution in [-0.4, -0.2) is 18.3 Å². The minimum Gasteiger partial charge on any atom is -0.493 e. The van der Waals surface area contributed by atoms with E-state index in [1.165, 1.54) is 0 Å². The Morgan fingerprint density at radius 1 is 0.900 bits per heavy atom. The molecule has 2 nitrogen and oxygen atoms in total. The molecule has 0 aliphatic rings. The van der Waals surface area contributed by atoms with Crippen LogP contribution in [0.25, 0.3) is 0 Å². The molecule has 0 spiro atoms. The summed E-state index contributed by atoms with van der Waals surface area (Å²) in [6, 6.07) is 26.1. The van der Waals surface area contributed by atoms with E-state index >= 15 is 0 Å². The first kappa shape index (κ1) is 22.1. The van der Waals surface area contributed by atoms with Gasteiger partial charge in [0.2, 0.25) is 0 Å². The van der Waals surface area contributed by atoms with Crippen LogP contribution in [0, 0.1) is 6.92 Å². The summed E-state index contributed by atoms with van der Waals surface area (Å²) in [5, 5.41) is 0. The first-order valence-electron chi connectivity index (χ1n) is 10.5. The zero-order valence-corrected chi connectivity index (χ0v) is 18.5. The van der Waals surface area contributed by atoms with Crippen molar-refractivity contribution in [2.24, 2.45) is 0 Å². The summed E-state index contributed by atoms with van der Waals surface area (Å²) in [6.07, 6.45) is 2.29. The maximum atomic E-state index is 13.1. The number of carbonyl (C=O) groups excluding carboxylic acids is 1. The smallest absolute Gasteiger partial charge is 0.164 e. The largest absolute Gasteiger partial charge is 0.493 e. The van der Waals surface area contributed by atoms with Crippen LogP contribution in [0.5, 0.6) is 5.75 Å². The van der Waals surface area contributed by atoms with E-state index in [0.717, 1.165) is 40.8 Å². The molecule has 1 unspecified atom stereocenters. The van der Waals surface area contributed by atoms with Gasteiger partial charge >= 0.3 is 0 Å². The van der Waals surface area contributed by atoms with Gasteiger partial charge in [-0.05, 0) is 42.5 Å². The molecule has 3 aromatic rings. The zero-order valence-electron chi connectivity index (χ0n) is 17.7. The SMILES string of the molecule is Cc1cc(C(C)(CC(=O)c2ccccc2)c2ccccc2)ccc1OCCCCCl. The molecule has 0 fully saturated rings. The van der Waals surface area contributed by atoms with E-state index in [-0.39, 0.29) is 5.78 Å². The van der Waals surface area contributed by atoms with Crippen LogP contribution < -0.4 is 4.74 Å². The number of halogens is 1. The Balaban J connectivity index is 1.91. The minimum atomic E-state index is -0.434. The van der Waals surface area contributed by atoms with Crippen molar-refractivity contribution in [2.45, 2.75) is 38.5 Å². The van der Waals surface area contributed by atoms with Crippen molar-refractivity contribution in [2.75, 3.05) is 12.5 Å². The Morgan fingerprint density at radius 2 is 1.57 bits per heavy atom. The fourth-order valence-corrected chi connectivity index (χ4v) is 3.95. The normalized spacial score (nSPS) is 12.9. The number of rotatable bonds is 10. The second kappa shape index (κ2) is 10.4. The first-order chi connectivity index (χ1) is 14.5. The molecule has 3 rings (SSSR count). The Labute approximate surface area is 184 Å². The summed E-state index contributed by atoms with van der Waals surface area (Å²) in [5.41, 5.74) is 3.63. The number of alkyl halides is 1. The van der Waals surface area contributed by atoms with Crippen LogP contribution in [0.4, 0.5) is 0 Å². The summed E-state index contributed by atoms with van der Waals surface area (Å²) in [4.78, 5) is 13.1. The average molecular weight is 421 g/mol. The highest BCUT2D eigenvalue weighted by atomic mass is 35.5. The molecule has 30 heavy (non-hydrogen) atoms. The highest BCUT2D eigenvalue weighted by molar-refractivity contribution is 6.17. The van der Waals surface area contributed by atoms with Crippen LogP contribution in [0.1, 0.15) is 53.2 Å². The number of Topliss-reactive ketones (excluding diaryl/α,β-unsaturated/α-hetero) is 1. The molecular weight excluding hydrogens is 392 g/mol. The number of aryl methyl sites for hydroxylation is 1. The molecule has 0 saturated heterocycles. The summed E-state index contributed by atoms with van der Waals surface area (Å²) in [5.74, 6) is 1.69. The molecule has 0 bridgehead atoms. The molecule has 0 saturated carbocycles. The highest BCUT2D eigenvalue weighted by Crippen LogP contribution is 2.38. The molecule has 1 atom stereocenters. The third kappa shape index (κ3) is 5.31. The number of ether oxygens (including phenoxy) is 1. The lowest BCUT2D eigenvalue weighted by molar-refractivity contribution is 0.0962. The summed E-state index contributed by atoms with van der Waals surface area (Å²) >= 11 is 5.75. The van der Waals surface area contributed by atoms with Gasteiger partial charge in [-0.2, -0.15) is 0 Å². The molecule has 3 heteroatoms. The Hall–Kier alpha value is -2.58. The third-order valence-corrected chi connectivity index (χ3v) is 5.89. The van der Waals surface area contributed by atoms with E-state index < -0.39 is 5.41 Å². The first-order valence-corrected chi connectivity index (χ1v) is 11.0. The van der Waals surface area contributed by atoms with E-state index in [1.54, 1.807) is 0 Å². The molecule has 0 aromatic heterocycles. The molecule has 3 aromatic carbocycles. The van der Waals surface area contributed by atoms with E-state index in [1.807, 2.05) is 54.6 Å². The molecule has 156 valence electrons. The number of hydrogen-bond acceptors (Lipinski definition) is 2. The Kier molecular flexibility index (Phi) is 7.70. The number of ketones is 1. The van der Waals surface area contributed by atoms with Crippen molar-refractivity contribution >= 4 is 17.4 Å². The second-order valence-corrected chi connectivity index (χ2v) is 8.27. The van der Waals surface area contributed by atoms with E-state index in [4.69, 9.17) is 16.3 Å². The zero-order chi connectivity index (χ0) is 21.4. The van der Waals surface area contributed by atoms with Crippen molar-refractivity contribution in [3.8, 4) is 5.75 Å². The monoisotopic (exact) mass is 420 g/mol. The van der Waals surface area contributed by atoms with Crippen molar-refractivity contribution < 1.29 is 9.53 Å². The second-order valence-electron chi connectivity index (χ2n) is 7.89. The molecular formula is C27H29ClO2. The van der Waals surface area contributed by atoms with Crippen LogP contribution in [0.15, 0.2) is 78.9 Å². The third-order valence-electron chi connectivity index (χ3n) is 5.62. The van der Waals surface area contributed by atoms with E-state index in [0.29, 0.717) is 18.9 Å². The van der Waals surface area contributed by atoms with Crippen molar-refractivity contribution in [1.29, 1.82) is 0 Å². The lowest BCUT2D eigenvalue weighted by Crippen LogP contribution is -2.27. The van der Waals surface area contributed by atoms with Gasteiger partial charge in [0.05, 0.1) is 6.61 Å². The number of benzene rings is 3. The van der Waals surface area contributed by atoms with E-state index in [9.17, 15) is 4.79 Å². The van der Waals surface area contributed by atoms with Crippen LogP contribution >= 0.6 is 11.6 Å². The Bertz CT molecular complexity index is 953. The van der Waals surface area contributed by atoms with Gasteiger partial charge in [0.15, 0.2) is 5.78 Å². The van der Waals surface area contributed by atoms with Gasteiger partial charge in [-0.1, -0.05) is 79.7 Å². The van der Waals surface area contributed by atoms with Gasteiger partial charge in [0.1, 0.15) is 5.75 Å². The van der Waals surface area contributed by atoms with Gasteiger partial charge in [-0.25, -0.2) is 0 Å². The van der Waals surface area contributed by atoms with Crippen molar-refractivity contribution in [3.05, 3.63) is 101 Å². The number of unbranched alkanes of at least 4 members (excludes halogenated alkanes) is 1. The predicted molar refractivity (Wildman–Crippen MR) is 125 cm³/mol. The lowest BCUT2D eigenvalue weighted by Gasteiger charge is -2.31. The summed E-state index contributed by atoms with van der Waals surface area (Å²) in [6.45, 7) is 4.87. The number of carbonyl (C=O) groups is 1. The van der Waals surface area contributed by atoms with Gasteiger partial charge in [0, 0.05) is 23.3 Å².